The Kier molecular flexibility index (Phi) is 5.80. The summed E-state index contributed by atoms with van der Waals surface area (Å²) in [4.78, 5) is 25.1. The van der Waals surface area contributed by atoms with Gasteiger partial charge in [0.25, 0.3) is 0 Å². The van der Waals surface area contributed by atoms with Gasteiger partial charge < -0.3 is 9.64 Å². The predicted octanol–water partition coefficient (Wildman–Crippen LogP) is 3.50. The molecule has 0 unspecified atom stereocenters. The molecule has 27 heavy (non-hydrogen) atoms. The first kappa shape index (κ1) is 18.6. The van der Waals surface area contributed by atoms with E-state index in [2.05, 4.69) is 20.0 Å². The summed E-state index contributed by atoms with van der Waals surface area (Å²) in [5.41, 5.74) is 3.00. The number of methoxy groups -OCH3 is 1. The number of rotatable bonds is 5. The number of hydrogen-bond acceptors (Lipinski definition) is 6. The van der Waals surface area contributed by atoms with Crippen LogP contribution in [0, 0.1) is 0 Å². The third kappa shape index (κ3) is 4.69. The van der Waals surface area contributed by atoms with Crippen LogP contribution < -0.4 is 4.90 Å². The highest BCUT2D eigenvalue weighted by Crippen LogP contribution is 2.19. The van der Waals surface area contributed by atoms with Crippen LogP contribution in [0.2, 0.25) is 0 Å². The van der Waals surface area contributed by atoms with E-state index in [4.69, 9.17) is 0 Å². The number of esters is 1. The van der Waals surface area contributed by atoms with E-state index in [0.29, 0.717) is 11.3 Å². The second kappa shape index (κ2) is 8.44. The first-order valence-electron chi connectivity index (χ1n) is 8.78. The van der Waals surface area contributed by atoms with Gasteiger partial charge in [-0.05, 0) is 55.5 Å². The fourth-order valence-electron chi connectivity index (χ4n) is 2.85. The van der Waals surface area contributed by atoms with Gasteiger partial charge in [-0.2, -0.15) is 0 Å². The number of piperazine rings is 1. The van der Waals surface area contributed by atoms with Crippen molar-refractivity contribution in [1.29, 1.82) is 0 Å². The first-order chi connectivity index (χ1) is 13.1. The summed E-state index contributed by atoms with van der Waals surface area (Å²) in [6, 6.07) is 14.5. The average molecular weight is 366 g/mol. The third-order valence-electron chi connectivity index (χ3n) is 4.47. The third-order valence-corrected chi connectivity index (χ3v) is 4.47. The highest BCUT2D eigenvalue weighted by atomic mass is 16.5. The van der Waals surface area contributed by atoms with Crippen molar-refractivity contribution >= 4 is 23.1 Å². The SMILES string of the molecule is COC(=O)c1ccc(N=NN2CCN(c3ccc(C(C)=O)cc3)CC2)cc1. The van der Waals surface area contributed by atoms with Crippen molar-refractivity contribution in [3.63, 3.8) is 0 Å². The monoisotopic (exact) mass is 366 g/mol. The number of ketones is 1. The maximum absolute atomic E-state index is 11.4. The van der Waals surface area contributed by atoms with Gasteiger partial charge in [0.1, 0.15) is 0 Å². The van der Waals surface area contributed by atoms with E-state index >= 15 is 0 Å². The molecule has 3 rings (SSSR count). The Bertz CT molecular complexity index is 823. The fourth-order valence-corrected chi connectivity index (χ4v) is 2.85. The van der Waals surface area contributed by atoms with E-state index in [1.165, 1.54) is 7.11 Å². The van der Waals surface area contributed by atoms with Crippen LogP contribution in [-0.4, -0.2) is 50.1 Å². The zero-order chi connectivity index (χ0) is 19.2. The minimum atomic E-state index is -0.369. The van der Waals surface area contributed by atoms with Gasteiger partial charge >= 0.3 is 5.97 Å². The van der Waals surface area contributed by atoms with Gasteiger partial charge in [-0.25, -0.2) is 4.79 Å². The van der Waals surface area contributed by atoms with Crippen LogP contribution >= 0.6 is 0 Å². The van der Waals surface area contributed by atoms with E-state index in [1.54, 1.807) is 31.2 Å². The van der Waals surface area contributed by atoms with Crippen LogP contribution in [0.1, 0.15) is 27.6 Å². The van der Waals surface area contributed by atoms with Gasteiger partial charge in [0, 0.05) is 24.3 Å². The van der Waals surface area contributed by atoms with Crippen LogP contribution in [0.25, 0.3) is 0 Å². The summed E-state index contributed by atoms with van der Waals surface area (Å²) in [5, 5.41) is 10.4. The summed E-state index contributed by atoms with van der Waals surface area (Å²) in [6.45, 7) is 4.76. The van der Waals surface area contributed by atoms with Gasteiger partial charge in [0.2, 0.25) is 0 Å². The fraction of sp³-hybridized carbons (Fsp3) is 0.300. The van der Waals surface area contributed by atoms with Crippen LogP contribution in [0.5, 0.6) is 0 Å². The lowest BCUT2D eigenvalue weighted by atomic mass is 10.1. The average Bonchev–Trinajstić information content (AvgIpc) is 2.72. The zero-order valence-electron chi connectivity index (χ0n) is 15.5. The molecule has 0 bridgehead atoms. The Morgan fingerprint density at radius 1 is 0.889 bits per heavy atom. The highest BCUT2D eigenvalue weighted by Gasteiger charge is 2.16. The van der Waals surface area contributed by atoms with Crippen molar-refractivity contribution in [3.05, 3.63) is 59.7 Å². The number of nitrogens with zero attached hydrogens (tertiary/aromatic N) is 4. The maximum Gasteiger partial charge on any atom is 0.337 e. The molecule has 0 amide bonds. The van der Waals surface area contributed by atoms with E-state index < -0.39 is 0 Å². The van der Waals surface area contributed by atoms with Crippen LogP contribution in [0.15, 0.2) is 58.9 Å². The Labute approximate surface area is 158 Å². The molecule has 0 saturated carbocycles. The van der Waals surface area contributed by atoms with Crippen molar-refractivity contribution in [2.45, 2.75) is 6.92 Å². The molecule has 2 aromatic rings. The molecule has 1 aliphatic heterocycles. The topological polar surface area (TPSA) is 74.6 Å². The van der Waals surface area contributed by atoms with Crippen molar-refractivity contribution < 1.29 is 14.3 Å². The molecular weight excluding hydrogens is 344 g/mol. The quantitative estimate of drug-likeness (QED) is 0.460. The molecule has 0 spiro atoms. The molecule has 1 heterocycles. The second-order valence-electron chi connectivity index (χ2n) is 6.27. The summed E-state index contributed by atoms with van der Waals surface area (Å²) in [6.07, 6.45) is 0. The van der Waals surface area contributed by atoms with Crippen molar-refractivity contribution in [1.82, 2.24) is 5.01 Å². The number of carbonyl (C=O) groups is 2. The van der Waals surface area contributed by atoms with E-state index in [1.807, 2.05) is 29.3 Å². The molecule has 0 aliphatic carbocycles. The van der Waals surface area contributed by atoms with Crippen molar-refractivity contribution in [3.8, 4) is 0 Å². The Morgan fingerprint density at radius 2 is 1.48 bits per heavy atom. The molecule has 0 N–H and O–H groups in total. The molecular formula is C20H22N4O3. The Morgan fingerprint density at radius 3 is 2.04 bits per heavy atom. The lowest BCUT2D eigenvalue weighted by Crippen LogP contribution is -2.43. The van der Waals surface area contributed by atoms with Crippen molar-refractivity contribution in [2.24, 2.45) is 10.3 Å². The second-order valence-corrected chi connectivity index (χ2v) is 6.27. The molecule has 7 heteroatoms. The predicted molar refractivity (Wildman–Crippen MR) is 103 cm³/mol. The Balaban J connectivity index is 1.53. The molecule has 0 atom stereocenters. The smallest absolute Gasteiger partial charge is 0.337 e. The van der Waals surface area contributed by atoms with Crippen molar-refractivity contribution in [2.75, 3.05) is 38.2 Å². The van der Waals surface area contributed by atoms with Gasteiger partial charge in [0.15, 0.2) is 5.78 Å². The molecule has 0 aromatic heterocycles. The van der Waals surface area contributed by atoms with E-state index in [-0.39, 0.29) is 11.8 Å². The lowest BCUT2D eigenvalue weighted by Gasteiger charge is -2.33. The minimum Gasteiger partial charge on any atom is -0.465 e. The highest BCUT2D eigenvalue weighted by molar-refractivity contribution is 5.94. The molecule has 1 fully saturated rings. The number of carbonyl (C=O) groups excluding carboxylic acids is 2. The van der Waals surface area contributed by atoms with Gasteiger partial charge in [-0.1, -0.05) is 5.22 Å². The summed E-state index contributed by atoms with van der Waals surface area (Å²) in [7, 11) is 1.35. The number of ether oxygens (including phenoxy) is 1. The molecule has 140 valence electrons. The van der Waals surface area contributed by atoms with Gasteiger partial charge in [-0.15, -0.1) is 5.11 Å². The molecule has 1 saturated heterocycles. The van der Waals surface area contributed by atoms with E-state index in [0.717, 1.165) is 37.4 Å². The first-order valence-corrected chi connectivity index (χ1v) is 8.78. The van der Waals surface area contributed by atoms with Gasteiger partial charge in [-0.3, -0.25) is 9.80 Å². The van der Waals surface area contributed by atoms with Gasteiger partial charge in [0.05, 0.1) is 31.5 Å². The molecule has 7 nitrogen and oxygen atoms in total. The summed E-state index contributed by atoms with van der Waals surface area (Å²) < 4.78 is 4.67. The number of hydrogen-bond donors (Lipinski definition) is 0. The van der Waals surface area contributed by atoms with Crippen LogP contribution in [0.4, 0.5) is 11.4 Å². The summed E-state index contributed by atoms with van der Waals surface area (Å²) in [5.74, 6) is -0.294. The standard InChI is InChI=1S/C20H22N4O3/c1-15(25)16-5-9-19(10-6-16)23-11-13-24(14-12-23)22-21-18-7-3-17(4-8-18)20(26)27-2/h3-10H,11-14H2,1-2H3. The summed E-state index contributed by atoms with van der Waals surface area (Å²) >= 11 is 0. The number of Topliss-reactive ketones (excluding diaryl/α,β-unsaturated/α-hetero) is 1. The van der Waals surface area contributed by atoms with Crippen LogP contribution in [0.3, 0.4) is 0 Å². The molecule has 1 aliphatic rings. The minimum absolute atomic E-state index is 0.0754. The zero-order valence-corrected chi connectivity index (χ0v) is 15.5. The molecule has 0 radical (unpaired) electrons. The number of benzene rings is 2. The maximum atomic E-state index is 11.4. The van der Waals surface area contributed by atoms with Crippen LogP contribution in [-0.2, 0) is 4.74 Å². The largest absolute Gasteiger partial charge is 0.465 e. The van der Waals surface area contributed by atoms with E-state index in [9.17, 15) is 9.59 Å². The number of anilines is 1. The molecule has 2 aromatic carbocycles. The lowest BCUT2D eigenvalue weighted by molar-refractivity contribution is 0.0600. The Hall–Kier alpha value is -3.22. The normalized spacial score (nSPS) is 14.4.